The highest BCUT2D eigenvalue weighted by atomic mass is 35.6. The predicted molar refractivity (Wildman–Crippen MR) is 29.9 cm³/mol. The van der Waals surface area contributed by atoms with Crippen molar-refractivity contribution in [3.05, 3.63) is 11.3 Å². The molecule has 0 saturated carbocycles. The molecule has 0 saturated heterocycles. The second-order valence-corrected chi connectivity index (χ2v) is 3.23. The lowest BCUT2D eigenvalue weighted by Crippen LogP contribution is -1.98. The molecule has 0 rings (SSSR count). The van der Waals surface area contributed by atoms with Gasteiger partial charge in [0.25, 0.3) is 0 Å². The van der Waals surface area contributed by atoms with E-state index in [1.807, 2.05) is 0 Å². The lowest BCUT2D eigenvalue weighted by atomic mass is 10.4. The predicted octanol–water partition coefficient (Wildman–Crippen LogP) is 2.06. The Hall–Kier alpha value is 0.425. The van der Waals surface area contributed by atoms with Crippen molar-refractivity contribution in [2.24, 2.45) is 0 Å². The largest absolute Gasteiger partial charge is 0.602 e. The van der Waals surface area contributed by atoms with E-state index in [1.165, 1.54) is 0 Å². The summed E-state index contributed by atoms with van der Waals surface area (Å²) in [6, 6.07) is 0. The molecule has 0 aromatic rings. The van der Waals surface area contributed by atoms with Crippen LogP contribution in [0.25, 0.3) is 4.76 Å². The summed E-state index contributed by atoms with van der Waals surface area (Å²) in [7, 11) is 0. The van der Waals surface area contributed by atoms with Crippen molar-refractivity contribution in [3.8, 4) is 0 Å². The van der Waals surface area contributed by atoms with Crippen LogP contribution in [0, 0.1) is 6.57 Å². The van der Waals surface area contributed by atoms with Crippen molar-refractivity contribution in [1.82, 2.24) is 0 Å². The van der Waals surface area contributed by atoms with Crippen LogP contribution in [0.1, 0.15) is 0 Å². The van der Waals surface area contributed by atoms with Crippen LogP contribution in [0.3, 0.4) is 0 Å². The molecular formula is CBCl3N-. The average molecular weight is 143 g/mol. The fourth-order valence-electron chi connectivity index (χ4n) is 0. The van der Waals surface area contributed by atoms with Crippen LogP contribution in [0.15, 0.2) is 0 Å². The first-order valence-corrected chi connectivity index (χ1v) is 2.45. The molecule has 0 N–H and O–H groups in total. The lowest BCUT2D eigenvalue weighted by molar-refractivity contribution is 2.49. The summed E-state index contributed by atoms with van der Waals surface area (Å²) >= 11 is 14.9. The maximum Gasteiger partial charge on any atom is 0.602 e. The fourth-order valence-corrected chi connectivity index (χ4v) is 0. The Balaban J connectivity index is 3.55. The van der Waals surface area contributed by atoms with Gasteiger partial charge in [0.1, 0.15) is 0 Å². The molecule has 0 aliphatic rings. The van der Waals surface area contributed by atoms with Crippen LogP contribution in [0.5, 0.6) is 0 Å². The van der Waals surface area contributed by atoms with Crippen LogP contribution < -0.4 is 0 Å². The van der Waals surface area contributed by atoms with Gasteiger partial charge in [-0.3, -0.25) is 0 Å². The maximum absolute atomic E-state index is 6.11. The van der Waals surface area contributed by atoms with Crippen molar-refractivity contribution in [3.63, 3.8) is 0 Å². The molecule has 0 spiro atoms. The molecule has 6 heavy (non-hydrogen) atoms. The van der Waals surface area contributed by atoms with Gasteiger partial charge in [-0.15, -0.1) is 0 Å². The Bertz CT molecular complexity index is 77.8. The zero-order valence-electron chi connectivity index (χ0n) is 2.66. The molecule has 1 nitrogen and oxygen atoms in total. The van der Waals surface area contributed by atoms with E-state index in [1.54, 1.807) is 0 Å². The van der Waals surface area contributed by atoms with E-state index in [2.05, 4.69) is 4.76 Å². The third kappa shape index (κ3) is 4.42. The summed E-state index contributed by atoms with van der Waals surface area (Å²) in [5, 5.41) is 0. The molecular weight excluding hydrogens is 143 g/mol. The highest BCUT2D eigenvalue weighted by Crippen LogP contribution is 2.19. The summed E-state index contributed by atoms with van der Waals surface area (Å²) in [5.74, 6) is 0. The zero-order valence-corrected chi connectivity index (χ0v) is 4.93. The van der Waals surface area contributed by atoms with E-state index in [0.29, 0.717) is 0 Å². The molecule has 0 unspecified atom stereocenters. The first kappa shape index (κ1) is 6.42. The summed E-state index contributed by atoms with van der Waals surface area (Å²) in [5.41, 5.74) is 0. The van der Waals surface area contributed by atoms with Gasteiger partial charge in [0.2, 0.25) is 0 Å². The summed E-state index contributed by atoms with van der Waals surface area (Å²) in [6.45, 7) is 6.11. The smallest absolute Gasteiger partial charge is 0.529 e. The maximum atomic E-state index is 6.11. The van der Waals surface area contributed by atoms with Crippen LogP contribution in [-0.2, 0) is 0 Å². The Morgan fingerprint density at radius 3 is 1.50 bits per heavy atom. The van der Waals surface area contributed by atoms with Crippen molar-refractivity contribution in [2.75, 3.05) is 0 Å². The van der Waals surface area contributed by atoms with Gasteiger partial charge in [0.15, 0.2) is 0 Å². The van der Waals surface area contributed by atoms with Crippen molar-refractivity contribution < 1.29 is 0 Å². The normalized spacial score (nSPS) is 10.3. The van der Waals surface area contributed by atoms with Crippen molar-refractivity contribution in [2.45, 2.75) is 0 Å². The molecule has 0 aromatic heterocycles. The molecule has 0 heterocycles. The minimum Gasteiger partial charge on any atom is -0.529 e. The number of hydrogen-bond donors (Lipinski definition) is 0. The van der Waals surface area contributed by atoms with Gasteiger partial charge in [-0.05, 0) is 0 Å². The van der Waals surface area contributed by atoms with Gasteiger partial charge in [-0.1, -0.05) is 0 Å². The SMILES string of the molecule is [C-]#[N+][B-](Cl)(Cl)Cl. The Morgan fingerprint density at radius 2 is 1.50 bits per heavy atom. The molecule has 0 bridgehead atoms. The number of halogens is 3. The average Bonchev–Trinajstić information content (AvgIpc) is 1.35. The minimum atomic E-state index is -2.28. The highest BCUT2D eigenvalue weighted by Gasteiger charge is 2.21. The number of rotatable bonds is 0. The first-order chi connectivity index (χ1) is 2.56. The summed E-state index contributed by atoms with van der Waals surface area (Å²) in [6.07, 6.45) is 0. The van der Waals surface area contributed by atoms with Gasteiger partial charge in [-0.25, -0.2) is 34.4 Å². The Kier molecular flexibility index (Phi) is 2.06. The molecule has 0 aromatic carbocycles. The minimum absolute atomic E-state index is 2.28. The quantitative estimate of drug-likeness (QED) is 0.361. The topological polar surface area (TPSA) is 4.36 Å². The van der Waals surface area contributed by atoms with Crippen LogP contribution >= 0.6 is 34.4 Å². The third-order valence-corrected chi connectivity index (χ3v) is 0.439. The van der Waals surface area contributed by atoms with Crippen LogP contribution in [0.2, 0.25) is 0 Å². The van der Waals surface area contributed by atoms with Gasteiger partial charge < -0.3 is 11.3 Å². The van der Waals surface area contributed by atoms with Gasteiger partial charge >= 0.3 is 4.53 Å². The molecule has 0 aliphatic heterocycles. The Labute approximate surface area is 50.7 Å². The molecule has 34 valence electrons. The van der Waals surface area contributed by atoms with E-state index >= 15 is 0 Å². The number of nitrogens with zero attached hydrogens (tertiary/aromatic N) is 1. The number of hydrogen-bond acceptors (Lipinski definition) is 0. The zero-order chi connectivity index (χ0) is 5.21. The van der Waals surface area contributed by atoms with Crippen molar-refractivity contribution in [1.29, 1.82) is 0 Å². The third-order valence-electron chi connectivity index (χ3n) is 0.146. The second kappa shape index (κ2) is 1.93. The Morgan fingerprint density at radius 1 is 1.33 bits per heavy atom. The van der Waals surface area contributed by atoms with Crippen LogP contribution in [-0.4, -0.2) is 4.53 Å². The van der Waals surface area contributed by atoms with E-state index in [9.17, 15) is 0 Å². The van der Waals surface area contributed by atoms with Crippen molar-refractivity contribution >= 4 is 38.9 Å². The molecule has 5 heteroatoms. The molecule has 0 amide bonds. The highest BCUT2D eigenvalue weighted by molar-refractivity contribution is 7.66. The molecule has 0 aliphatic carbocycles. The van der Waals surface area contributed by atoms with E-state index in [0.717, 1.165) is 0 Å². The van der Waals surface area contributed by atoms with E-state index in [-0.39, 0.29) is 0 Å². The lowest BCUT2D eigenvalue weighted by Gasteiger charge is -1.96. The van der Waals surface area contributed by atoms with Gasteiger partial charge in [-0.2, -0.15) is 0 Å². The monoisotopic (exact) mass is 142 g/mol. The fraction of sp³-hybridized carbons (Fsp3) is 0. The summed E-state index contributed by atoms with van der Waals surface area (Å²) < 4.78 is 0.352. The van der Waals surface area contributed by atoms with Crippen LogP contribution in [0.4, 0.5) is 0 Å². The molecule has 0 atom stereocenters. The summed E-state index contributed by atoms with van der Waals surface area (Å²) in [4.78, 5) is 0. The molecule has 0 radical (unpaired) electrons. The van der Waals surface area contributed by atoms with E-state index < -0.39 is 4.53 Å². The standard InChI is InChI=1S/CBCl3N/c1-6-2(3,4)5/q-1. The second-order valence-electron chi connectivity index (χ2n) is 0.669. The van der Waals surface area contributed by atoms with E-state index in [4.69, 9.17) is 41.0 Å². The van der Waals surface area contributed by atoms with Gasteiger partial charge in [0, 0.05) is 0 Å². The van der Waals surface area contributed by atoms with Gasteiger partial charge in [0.05, 0.1) is 0 Å². The molecule has 0 fully saturated rings. The first-order valence-electron chi connectivity index (χ1n) is 1.14.